The number of carbonyl (C=O) groups is 1. The van der Waals surface area contributed by atoms with Gasteiger partial charge in [-0.25, -0.2) is 4.39 Å². The van der Waals surface area contributed by atoms with E-state index >= 15 is 0 Å². The van der Waals surface area contributed by atoms with Crippen LogP contribution in [0.15, 0.2) is 48.5 Å². The highest BCUT2D eigenvalue weighted by atomic mass is 19.1. The summed E-state index contributed by atoms with van der Waals surface area (Å²) < 4.78 is 19.7. The second kappa shape index (κ2) is 8.95. The van der Waals surface area contributed by atoms with Crippen molar-refractivity contribution in [2.75, 3.05) is 19.7 Å². The minimum absolute atomic E-state index is 0.123. The maximum atomic E-state index is 13.3. The van der Waals surface area contributed by atoms with Crippen LogP contribution in [-0.2, 0) is 11.3 Å². The number of hydrogen-bond donors (Lipinski definition) is 0. The highest BCUT2D eigenvalue weighted by Crippen LogP contribution is 2.40. The lowest BCUT2D eigenvalue weighted by Crippen LogP contribution is -2.54. The number of piperidine rings is 1. The zero-order chi connectivity index (χ0) is 22.1. The van der Waals surface area contributed by atoms with Crippen LogP contribution >= 0.6 is 0 Å². The van der Waals surface area contributed by atoms with Crippen molar-refractivity contribution in [1.29, 1.82) is 0 Å². The fourth-order valence-electron chi connectivity index (χ4n) is 5.47. The summed E-state index contributed by atoms with van der Waals surface area (Å²) in [4.78, 5) is 17.6. The summed E-state index contributed by atoms with van der Waals surface area (Å²) in [6.45, 7) is 5.18. The average Bonchev–Trinajstić information content (AvgIpc) is 3.64. The molecule has 1 spiro atoms. The van der Waals surface area contributed by atoms with E-state index in [0.717, 1.165) is 63.1 Å². The van der Waals surface area contributed by atoms with E-state index in [0.29, 0.717) is 12.1 Å². The summed E-state index contributed by atoms with van der Waals surface area (Å²) in [7, 11) is 0. The van der Waals surface area contributed by atoms with Gasteiger partial charge in [0.25, 0.3) is 5.91 Å². The summed E-state index contributed by atoms with van der Waals surface area (Å²) in [5.41, 5.74) is 2.95. The van der Waals surface area contributed by atoms with Gasteiger partial charge in [0.2, 0.25) is 0 Å². The van der Waals surface area contributed by atoms with Crippen molar-refractivity contribution in [1.82, 2.24) is 9.80 Å². The topological polar surface area (TPSA) is 32.8 Å². The fourth-order valence-corrected chi connectivity index (χ4v) is 5.47. The molecular weight excluding hydrogens is 403 g/mol. The Kier molecular flexibility index (Phi) is 6.04. The zero-order valence-corrected chi connectivity index (χ0v) is 18.9. The third kappa shape index (κ3) is 4.74. The van der Waals surface area contributed by atoms with Gasteiger partial charge in [0.15, 0.2) is 0 Å². The Morgan fingerprint density at radius 3 is 2.53 bits per heavy atom. The first-order chi connectivity index (χ1) is 15.5. The van der Waals surface area contributed by atoms with Crippen molar-refractivity contribution in [3.63, 3.8) is 0 Å². The minimum atomic E-state index is -0.177. The Labute approximate surface area is 190 Å². The Hall–Kier alpha value is -2.24. The van der Waals surface area contributed by atoms with Gasteiger partial charge < -0.3 is 9.64 Å². The molecule has 1 atom stereocenters. The van der Waals surface area contributed by atoms with Crippen LogP contribution in [-0.4, -0.2) is 53.1 Å². The molecule has 0 radical (unpaired) electrons. The zero-order valence-electron chi connectivity index (χ0n) is 18.9. The molecule has 2 aromatic rings. The molecule has 2 aliphatic heterocycles. The van der Waals surface area contributed by atoms with Crippen LogP contribution in [0.25, 0.3) is 0 Å². The first-order valence-corrected chi connectivity index (χ1v) is 12.0. The van der Waals surface area contributed by atoms with Crippen molar-refractivity contribution >= 4 is 5.91 Å². The Balaban J connectivity index is 1.23. The van der Waals surface area contributed by atoms with E-state index in [1.807, 2.05) is 48.2 Å². The van der Waals surface area contributed by atoms with E-state index in [-0.39, 0.29) is 17.3 Å². The molecule has 0 N–H and O–H groups in total. The maximum Gasteiger partial charge on any atom is 0.253 e. The van der Waals surface area contributed by atoms with Gasteiger partial charge in [0.1, 0.15) is 5.82 Å². The van der Waals surface area contributed by atoms with Gasteiger partial charge in [-0.2, -0.15) is 0 Å². The van der Waals surface area contributed by atoms with E-state index in [1.54, 1.807) is 12.1 Å². The van der Waals surface area contributed by atoms with E-state index in [9.17, 15) is 9.18 Å². The smallest absolute Gasteiger partial charge is 0.253 e. The highest BCUT2D eigenvalue weighted by Gasteiger charge is 2.45. The Bertz CT molecular complexity index is 948. The summed E-state index contributed by atoms with van der Waals surface area (Å²) in [6.07, 6.45) is 6.38. The average molecular weight is 437 g/mol. The van der Waals surface area contributed by atoms with Gasteiger partial charge in [0, 0.05) is 43.9 Å². The highest BCUT2D eigenvalue weighted by molar-refractivity contribution is 5.94. The number of nitrogens with zero attached hydrogens (tertiary/aromatic N) is 2. The second-order valence-electron chi connectivity index (χ2n) is 9.87. The standard InChI is InChI=1S/C27H33FN2O2/c1-20-3-2-4-22(17-20)26(31)29-14-12-27(13-15-29)18-25(11-16-32-27)30(24-9-10-24)19-21-5-7-23(28)8-6-21/h2-8,17,24-25H,9-16,18-19H2,1H3. The first-order valence-electron chi connectivity index (χ1n) is 12.0. The molecule has 1 amide bonds. The minimum Gasteiger partial charge on any atom is -0.375 e. The third-order valence-corrected chi connectivity index (χ3v) is 7.46. The van der Waals surface area contributed by atoms with Crippen molar-refractivity contribution in [2.45, 2.75) is 69.7 Å². The lowest BCUT2D eigenvalue weighted by molar-refractivity contribution is -0.131. The number of hydrogen-bond acceptors (Lipinski definition) is 3. The van der Waals surface area contributed by atoms with Crippen molar-refractivity contribution in [3.05, 3.63) is 71.0 Å². The normalized spacial score (nSPS) is 23.0. The quantitative estimate of drug-likeness (QED) is 0.665. The first kappa shape index (κ1) is 21.6. The summed E-state index contributed by atoms with van der Waals surface area (Å²) in [5, 5.41) is 0. The monoisotopic (exact) mass is 436 g/mol. The second-order valence-corrected chi connectivity index (χ2v) is 9.87. The number of rotatable bonds is 5. The SMILES string of the molecule is Cc1cccc(C(=O)N2CCC3(CC2)CC(N(Cc2ccc(F)cc2)C2CC2)CCO3)c1. The van der Waals surface area contributed by atoms with E-state index in [2.05, 4.69) is 4.90 Å². The molecule has 170 valence electrons. The number of halogens is 1. The molecule has 2 heterocycles. The summed E-state index contributed by atoms with van der Waals surface area (Å²) in [5.74, 6) is -0.0458. The molecule has 2 aromatic carbocycles. The predicted octanol–water partition coefficient (Wildman–Crippen LogP) is 4.95. The lowest BCUT2D eigenvalue weighted by Gasteiger charge is -2.48. The van der Waals surface area contributed by atoms with Crippen molar-refractivity contribution in [3.8, 4) is 0 Å². The largest absolute Gasteiger partial charge is 0.375 e. The van der Waals surface area contributed by atoms with Crippen LogP contribution in [0, 0.1) is 12.7 Å². The van der Waals surface area contributed by atoms with Crippen LogP contribution in [0.2, 0.25) is 0 Å². The Morgan fingerprint density at radius 2 is 1.84 bits per heavy atom. The van der Waals surface area contributed by atoms with Gasteiger partial charge in [-0.1, -0.05) is 29.8 Å². The number of ether oxygens (including phenoxy) is 1. The van der Waals surface area contributed by atoms with Crippen LogP contribution < -0.4 is 0 Å². The number of likely N-dealkylation sites (tertiary alicyclic amines) is 1. The van der Waals surface area contributed by atoms with E-state index in [1.165, 1.54) is 18.4 Å². The number of carbonyl (C=O) groups excluding carboxylic acids is 1. The van der Waals surface area contributed by atoms with Crippen molar-refractivity contribution in [2.24, 2.45) is 0 Å². The van der Waals surface area contributed by atoms with Crippen LogP contribution in [0.3, 0.4) is 0 Å². The molecule has 0 aromatic heterocycles. The number of amides is 1. The van der Waals surface area contributed by atoms with Gasteiger partial charge in [0.05, 0.1) is 5.60 Å². The van der Waals surface area contributed by atoms with Gasteiger partial charge >= 0.3 is 0 Å². The molecular formula is C27H33FN2O2. The molecule has 0 bridgehead atoms. The van der Waals surface area contributed by atoms with E-state index in [4.69, 9.17) is 4.74 Å². The molecule has 3 aliphatic rings. The predicted molar refractivity (Wildman–Crippen MR) is 123 cm³/mol. The maximum absolute atomic E-state index is 13.3. The van der Waals surface area contributed by atoms with Crippen LogP contribution in [0.4, 0.5) is 4.39 Å². The molecule has 32 heavy (non-hydrogen) atoms. The van der Waals surface area contributed by atoms with Crippen LogP contribution in [0.1, 0.15) is 60.0 Å². The molecule has 2 saturated heterocycles. The summed E-state index contributed by atoms with van der Waals surface area (Å²) in [6, 6.07) is 15.9. The Morgan fingerprint density at radius 1 is 1.09 bits per heavy atom. The molecule has 1 unspecified atom stereocenters. The van der Waals surface area contributed by atoms with Gasteiger partial charge in [-0.05, 0) is 75.3 Å². The molecule has 5 rings (SSSR count). The van der Waals surface area contributed by atoms with E-state index < -0.39 is 0 Å². The lowest BCUT2D eigenvalue weighted by atomic mass is 9.81. The number of benzene rings is 2. The number of aryl methyl sites for hydroxylation is 1. The molecule has 1 aliphatic carbocycles. The summed E-state index contributed by atoms with van der Waals surface area (Å²) >= 11 is 0. The molecule has 3 fully saturated rings. The van der Waals surface area contributed by atoms with Crippen molar-refractivity contribution < 1.29 is 13.9 Å². The fraction of sp³-hybridized carbons (Fsp3) is 0.519. The molecule has 1 saturated carbocycles. The molecule has 5 heteroatoms. The molecule has 4 nitrogen and oxygen atoms in total. The van der Waals surface area contributed by atoms with Gasteiger partial charge in [-0.15, -0.1) is 0 Å². The van der Waals surface area contributed by atoms with Gasteiger partial charge in [-0.3, -0.25) is 9.69 Å². The van der Waals surface area contributed by atoms with Crippen LogP contribution in [0.5, 0.6) is 0 Å². The third-order valence-electron chi connectivity index (χ3n) is 7.46.